The van der Waals surface area contributed by atoms with E-state index in [1.54, 1.807) is 12.3 Å². The lowest BCUT2D eigenvalue weighted by Crippen LogP contribution is -2.26. The Morgan fingerprint density at radius 3 is 3.00 bits per heavy atom. The number of hydrogen-bond donors (Lipinski definition) is 2. The molecule has 0 aromatic carbocycles. The number of aromatic nitrogens is 1. The minimum atomic E-state index is -0.0727. The van der Waals surface area contributed by atoms with Gasteiger partial charge in [0.05, 0.1) is 5.56 Å². The lowest BCUT2D eigenvalue weighted by atomic mass is 9.99. The summed E-state index contributed by atoms with van der Waals surface area (Å²) in [6, 6.07) is 1.65. The first-order valence-electron chi connectivity index (χ1n) is 5.11. The Balaban J connectivity index is 2.72. The van der Waals surface area contributed by atoms with Crippen molar-refractivity contribution in [3.05, 3.63) is 24.0 Å². The van der Waals surface area contributed by atoms with Gasteiger partial charge >= 0.3 is 0 Å². The molecule has 4 heteroatoms. The maximum Gasteiger partial charge on any atom is 0.170 e. The highest BCUT2D eigenvalue weighted by Gasteiger charge is 2.16. The molecule has 0 amide bonds. The summed E-state index contributed by atoms with van der Waals surface area (Å²) in [6.45, 7) is 5.43. The van der Waals surface area contributed by atoms with E-state index in [2.05, 4.69) is 10.3 Å². The second kappa shape index (κ2) is 5.46. The monoisotopic (exact) mass is 207 g/mol. The van der Waals surface area contributed by atoms with Gasteiger partial charge in [-0.15, -0.1) is 0 Å². The number of carbonyl (C=O) groups excluding carboxylic acids is 1. The van der Waals surface area contributed by atoms with Crippen LogP contribution in [0.1, 0.15) is 24.2 Å². The number of ketones is 1. The Morgan fingerprint density at radius 2 is 2.40 bits per heavy atom. The average Bonchev–Trinajstić information content (AvgIpc) is 2.25. The number of pyridine rings is 1. The van der Waals surface area contributed by atoms with E-state index in [1.807, 2.05) is 13.8 Å². The molecule has 1 heterocycles. The van der Waals surface area contributed by atoms with E-state index in [1.165, 1.54) is 6.20 Å². The smallest absolute Gasteiger partial charge is 0.170 e. The minimum Gasteiger partial charge on any atom is -0.398 e. The molecule has 0 spiro atoms. The van der Waals surface area contributed by atoms with Gasteiger partial charge in [-0.1, -0.05) is 13.8 Å². The standard InChI is InChI=1S/C11H17N3O/c1-3-13-6-8(2)11(15)9-7-14-5-4-10(9)12/h4-5,7-8,13H,3,6H2,1-2H3,(H2,12,14). The Morgan fingerprint density at radius 1 is 1.67 bits per heavy atom. The van der Waals surface area contributed by atoms with Gasteiger partial charge in [0.1, 0.15) is 0 Å². The molecule has 3 N–H and O–H groups in total. The van der Waals surface area contributed by atoms with Crippen molar-refractivity contribution in [3.8, 4) is 0 Å². The molecule has 0 fully saturated rings. The third-order valence-corrected chi connectivity index (χ3v) is 2.27. The van der Waals surface area contributed by atoms with Crippen molar-refractivity contribution in [2.24, 2.45) is 5.92 Å². The van der Waals surface area contributed by atoms with Gasteiger partial charge in [-0.2, -0.15) is 0 Å². The van der Waals surface area contributed by atoms with Crippen LogP contribution in [0.25, 0.3) is 0 Å². The average molecular weight is 207 g/mol. The van der Waals surface area contributed by atoms with Crippen LogP contribution >= 0.6 is 0 Å². The summed E-state index contributed by atoms with van der Waals surface area (Å²) in [4.78, 5) is 15.8. The number of nitrogens with one attached hydrogen (secondary N) is 1. The van der Waals surface area contributed by atoms with Crippen molar-refractivity contribution in [1.29, 1.82) is 0 Å². The van der Waals surface area contributed by atoms with Gasteiger partial charge in [0, 0.05) is 30.5 Å². The van der Waals surface area contributed by atoms with Crippen molar-refractivity contribution in [2.75, 3.05) is 18.8 Å². The molecule has 15 heavy (non-hydrogen) atoms. The van der Waals surface area contributed by atoms with Crippen LogP contribution in [0.3, 0.4) is 0 Å². The molecule has 0 radical (unpaired) electrons. The summed E-state index contributed by atoms with van der Waals surface area (Å²) in [6.07, 6.45) is 3.11. The number of rotatable bonds is 5. The van der Waals surface area contributed by atoms with Crippen LogP contribution < -0.4 is 11.1 Å². The molecule has 0 aliphatic rings. The van der Waals surface area contributed by atoms with Crippen molar-refractivity contribution >= 4 is 11.5 Å². The van der Waals surface area contributed by atoms with E-state index in [0.29, 0.717) is 17.8 Å². The molecular weight excluding hydrogens is 190 g/mol. The fraction of sp³-hybridized carbons (Fsp3) is 0.455. The number of anilines is 1. The van der Waals surface area contributed by atoms with Crippen LogP contribution in [-0.2, 0) is 0 Å². The van der Waals surface area contributed by atoms with Gasteiger partial charge < -0.3 is 11.1 Å². The van der Waals surface area contributed by atoms with Gasteiger partial charge in [0.15, 0.2) is 5.78 Å². The predicted molar refractivity (Wildman–Crippen MR) is 60.7 cm³/mol. The lowest BCUT2D eigenvalue weighted by molar-refractivity contribution is 0.0930. The van der Waals surface area contributed by atoms with Crippen molar-refractivity contribution in [1.82, 2.24) is 10.3 Å². The lowest BCUT2D eigenvalue weighted by Gasteiger charge is -2.11. The van der Waals surface area contributed by atoms with Crippen LogP contribution in [0.4, 0.5) is 5.69 Å². The molecular formula is C11H17N3O. The maximum atomic E-state index is 11.9. The first kappa shape index (κ1) is 11.7. The number of hydrogen-bond acceptors (Lipinski definition) is 4. The Labute approximate surface area is 89.9 Å². The second-order valence-corrected chi connectivity index (χ2v) is 3.54. The zero-order valence-corrected chi connectivity index (χ0v) is 9.16. The molecule has 0 aliphatic heterocycles. The summed E-state index contributed by atoms with van der Waals surface area (Å²) in [7, 11) is 0. The van der Waals surface area contributed by atoms with Gasteiger partial charge in [-0.05, 0) is 12.6 Å². The molecule has 4 nitrogen and oxygen atoms in total. The summed E-state index contributed by atoms with van der Waals surface area (Å²) in [5.74, 6) is -0.0296. The SMILES string of the molecule is CCNCC(C)C(=O)c1cnccc1N. The molecule has 1 aromatic heterocycles. The van der Waals surface area contributed by atoms with Gasteiger partial charge in [0.25, 0.3) is 0 Å². The summed E-state index contributed by atoms with van der Waals surface area (Å²) in [5, 5.41) is 3.14. The summed E-state index contributed by atoms with van der Waals surface area (Å²) in [5.41, 5.74) is 6.72. The quantitative estimate of drug-likeness (QED) is 0.709. The van der Waals surface area contributed by atoms with Crippen LogP contribution in [-0.4, -0.2) is 23.9 Å². The van der Waals surface area contributed by atoms with Crippen molar-refractivity contribution in [3.63, 3.8) is 0 Å². The van der Waals surface area contributed by atoms with E-state index in [9.17, 15) is 4.79 Å². The van der Waals surface area contributed by atoms with Crippen LogP contribution in [0.2, 0.25) is 0 Å². The Hall–Kier alpha value is -1.42. The number of carbonyl (C=O) groups is 1. The third-order valence-electron chi connectivity index (χ3n) is 2.27. The molecule has 1 rings (SSSR count). The topological polar surface area (TPSA) is 68.0 Å². The first-order valence-corrected chi connectivity index (χ1v) is 5.11. The number of Topliss-reactive ketones (excluding diaryl/α,β-unsaturated/α-hetero) is 1. The normalized spacial score (nSPS) is 12.4. The fourth-order valence-corrected chi connectivity index (χ4v) is 1.33. The highest BCUT2D eigenvalue weighted by molar-refractivity contribution is 6.01. The molecule has 0 saturated carbocycles. The number of nitrogens with two attached hydrogens (primary N) is 1. The predicted octanol–water partition coefficient (Wildman–Crippen LogP) is 1.09. The van der Waals surface area contributed by atoms with Gasteiger partial charge in [-0.25, -0.2) is 0 Å². The minimum absolute atomic E-state index is 0.0431. The molecule has 0 bridgehead atoms. The largest absolute Gasteiger partial charge is 0.398 e. The molecule has 82 valence electrons. The van der Waals surface area contributed by atoms with Gasteiger partial charge in [0.2, 0.25) is 0 Å². The molecule has 0 saturated heterocycles. The van der Waals surface area contributed by atoms with Crippen molar-refractivity contribution < 1.29 is 4.79 Å². The molecule has 1 aromatic rings. The molecule has 1 atom stereocenters. The highest BCUT2D eigenvalue weighted by atomic mass is 16.1. The van der Waals surface area contributed by atoms with Crippen LogP contribution in [0.5, 0.6) is 0 Å². The molecule has 1 unspecified atom stereocenters. The van der Waals surface area contributed by atoms with Crippen LogP contribution in [0, 0.1) is 5.92 Å². The summed E-state index contributed by atoms with van der Waals surface area (Å²) < 4.78 is 0. The highest BCUT2D eigenvalue weighted by Crippen LogP contribution is 2.14. The second-order valence-electron chi connectivity index (χ2n) is 3.54. The van der Waals surface area contributed by atoms with Crippen LogP contribution in [0.15, 0.2) is 18.5 Å². The Bertz CT molecular complexity index is 338. The van der Waals surface area contributed by atoms with E-state index in [4.69, 9.17) is 5.73 Å². The maximum absolute atomic E-state index is 11.9. The zero-order chi connectivity index (χ0) is 11.3. The fourth-order valence-electron chi connectivity index (χ4n) is 1.33. The van der Waals surface area contributed by atoms with E-state index < -0.39 is 0 Å². The number of nitrogen functional groups attached to an aromatic ring is 1. The van der Waals surface area contributed by atoms with E-state index >= 15 is 0 Å². The third kappa shape index (κ3) is 3.02. The van der Waals surface area contributed by atoms with E-state index in [-0.39, 0.29) is 11.7 Å². The molecule has 0 aliphatic carbocycles. The first-order chi connectivity index (χ1) is 7.16. The zero-order valence-electron chi connectivity index (χ0n) is 9.16. The summed E-state index contributed by atoms with van der Waals surface area (Å²) >= 11 is 0. The Kier molecular flexibility index (Phi) is 4.24. The number of nitrogens with zero attached hydrogens (tertiary/aromatic N) is 1. The van der Waals surface area contributed by atoms with Gasteiger partial charge in [-0.3, -0.25) is 9.78 Å². The van der Waals surface area contributed by atoms with Crippen molar-refractivity contribution in [2.45, 2.75) is 13.8 Å². The van der Waals surface area contributed by atoms with E-state index in [0.717, 1.165) is 6.54 Å².